The fraction of sp³-hybridized carbons (Fsp3) is 1.00. The molecule has 0 fully saturated rings. The van der Waals surface area contributed by atoms with E-state index in [9.17, 15) is 4.21 Å². The highest BCUT2D eigenvalue weighted by Crippen LogP contribution is 2.15. The molecule has 0 aromatic rings. The summed E-state index contributed by atoms with van der Waals surface area (Å²) in [5.74, 6) is -0.323. The molecule has 0 amide bonds. The molecule has 1 unspecified atom stereocenters. The van der Waals surface area contributed by atoms with Crippen molar-refractivity contribution in [2.24, 2.45) is 5.41 Å². The number of aliphatic hydroxyl groups excluding tert-OH is 3. The second-order valence-electron chi connectivity index (χ2n) is 2.44. The minimum absolute atomic E-state index is 0.323. The topological polar surface area (TPSA) is 98.0 Å². The van der Waals surface area contributed by atoms with Crippen LogP contribution in [0.3, 0.4) is 0 Å². The van der Waals surface area contributed by atoms with Crippen molar-refractivity contribution in [1.29, 1.82) is 0 Å². The fourth-order valence-electron chi connectivity index (χ4n) is 0.549. The maximum Gasteiger partial charge on any atom is 0.153 e. The van der Waals surface area contributed by atoms with E-state index < -0.39 is 36.3 Å². The lowest BCUT2D eigenvalue weighted by Gasteiger charge is -2.24. The van der Waals surface area contributed by atoms with Crippen LogP contribution in [-0.4, -0.2) is 49.7 Å². The summed E-state index contributed by atoms with van der Waals surface area (Å²) in [6.07, 6.45) is 0. The smallest absolute Gasteiger partial charge is 0.153 e. The van der Waals surface area contributed by atoms with E-state index in [1.54, 1.807) is 0 Å². The van der Waals surface area contributed by atoms with Crippen molar-refractivity contribution in [3.63, 3.8) is 0 Å². The molecule has 0 aliphatic carbocycles. The van der Waals surface area contributed by atoms with Gasteiger partial charge in [-0.2, -0.15) is 0 Å². The first-order valence-electron chi connectivity index (χ1n) is 3.00. The third-order valence-corrected chi connectivity index (χ3v) is 2.30. The van der Waals surface area contributed by atoms with Gasteiger partial charge >= 0.3 is 0 Å². The van der Waals surface area contributed by atoms with Gasteiger partial charge in [-0.05, 0) is 0 Å². The highest BCUT2D eigenvalue weighted by Gasteiger charge is 2.30. The summed E-state index contributed by atoms with van der Waals surface area (Å²) >= 11 is -2.11. The molecule has 0 spiro atoms. The van der Waals surface area contributed by atoms with Crippen molar-refractivity contribution < 1.29 is 24.1 Å². The van der Waals surface area contributed by atoms with E-state index in [-0.39, 0.29) is 5.75 Å². The molecule has 5 nitrogen and oxygen atoms in total. The van der Waals surface area contributed by atoms with Crippen molar-refractivity contribution in [1.82, 2.24) is 0 Å². The van der Waals surface area contributed by atoms with E-state index in [4.69, 9.17) is 19.9 Å². The van der Waals surface area contributed by atoms with Crippen molar-refractivity contribution in [3.8, 4) is 0 Å². The van der Waals surface area contributed by atoms with Crippen LogP contribution in [0.4, 0.5) is 0 Å². The Morgan fingerprint density at radius 2 is 1.45 bits per heavy atom. The largest absolute Gasteiger partial charge is 0.396 e. The zero-order valence-corrected chi connectivity index (χ0v) is 6.75. The second kappa shape index (κ2) is 4.78. The van der Waals surface area contributed by atoms with Crippen LogP contribution in [0, 0.1) is 5.41 Å². The van der Waals surface area contributed by atoms with Crippen molar-refractivity contribution in [3.05, 3.63) is 0 Å². The monoisotopic (exact) mass is 184 g/mol. The number of hydrogen-bond acceptors (Lipinski definition) is 4. The summed E-state index contributed by atoms with van der Waals surface area (Å²) in [7, 11) is 0. The zero-order chi connectivity index (χ0) is 8.91. The first-order chi connectivity index (χ1) is 5.10. The van der Waals surface area contributed by atoms with Gasteiger partial charge in [-0.15, -0.1) is 0 Å². The number of aliphatic hydroxyl groups is 3. The van der Waals surface area contributed by atoms with Crippen LogP contribution in [0.25, 0.3) is 0 Å². The molecule has 6 heteroatoms. The Kier molecular flexibility index (Phi) is 4.78. The van der Waals surface area contributed by atoms with Crippen LogP contribution in [0.15, 0.2) is 0 Å². The molecule has 0 heterocycles. The molecular weight excluding hydrogens is 172 g/mol. The lowest BCUT2D eigenvalue weighted by molar-refractivity contribution is 0.0223. The van der Waals surface area contributed by atoms with Gasteiger partial charge in [0.2, 0.25) is 0 Å². The molecule has 1 atom stereocenters. The Bertz CT molecular complexity index is 125. The fourth-order valence-corrected chi connectivity index (χ4v) is 1.35. The summed E-state index contributed by atoms with van der Waals surface area (Å²) in [6, 6.07) is 0. The van der Waals surface area contributed by atoms with Gasteiger partial charge in [0.05, 0.1) is 31.0 Å². The van der Waals surface area contributed by atoms with Gasteiger partial charge in [0.1, 0.15) is 0 Å². The predicted octanol–water partition coefficient (Wildman–Crippen LogP) is -1.83. The molecule has 0 aromatic carbocycles. The van der Waals surface area contributed by atoms with Crippen LogP contribution in [-0.2, 0) is 11.1 Å². The van der Waals surface area contributed by atoms with E-state index in [2.05, 4.69) is 0 Å². The predicted molar refractivity (Wildman–Crippen MR) is 39.3 cm³/mol. The molecule has 0 saturated heterocycles. The van der Waals surface area contributed by atoms with E-state index in [0.717, 1.165) is 0 Å². The number of rotatable bonds is 5. The minimum atomic E-state index is -2.11. The van der Waals surface area contributed by atoms with Crippen LogP contribution >= 0.6 is 0 Å². The third kappa shape index (κ3) is 3.26. The molecule has 11 heavy (non-hydrogen) atoms. The molecule has 68 valence electrons. The Balaban J connectivity index is 4.16. The Labute approximate surface area is 67.0 Å². The highest BCUT2D eigenvalue weighted by atomic mass is 32.2. The van der Waals surface area contributed by atoms with Crippen LogP contribution in [0.2, 0.25) is 0 Å². The van der Waals surface area contributed by atoms with E-state index in [0.29, 0.717) is 0 Å². The van der Waals surface area contributed by atoms with Gasteiger partial charge in [-0.3, -0.25) is 0 Å². The van der Waals surface area contributed by atoms with Gasteiger partial charge in [0.15, 0.2) is 11.1 Å². The Morgan fingerprint density at radius 1 is 1.09 bits per heavy atom. The average molecular weight is 184 g/mol. The van der Waals surface area contributed by atoms with E-state index in [1.165, 1.54) is 0 Å². The summed E-state index contributed by atoms with van der Waals surface area (Å²) < 4.78 is 18.7. The first kappa shape index (κ1) is 11.0. The molecule has 0 aliphatic rings. The van der Waals surface area contributed by atoms with Gasteiger partial charge < -0.3 is 19.9 Å². The minimum Gasteiger partial charge on any atom is -0.396 e. The SMILES string of the molecule is O=S(O)CC(CO)(CO)CO. The summed E-state index contributed by atoms with van der Waals surface area (Å²) in [5, 5.41) is 26.0. The normalized spacial score (nSPS) is 14.9. The Hall–Kier alpha value is -0.0100. The van der Waals surface area contributed by atoms with Crippen molar-refractivity contribution >= 4 is 11.1 Å². The van der Waals surface area contributed by atoms with E-state index in [1.807, 2.05) is 0 Å². The maximum atomic E-state index is 10.3. The van der Waals surface area contributed by atoms with E-state index >= 15 is 0 Å². The van der Waals surface area contributed by atoms with Gasteiger partial charge in [-0.25, -0.2) is 4.21 Å². The molecule has 0 radical (unpaired) electrons. The third-order valence-electron chi connectivity index (χ3n) is 1.44. The quantitative estimate of drug-likeness (QED) is 0.377. The summed E-state index contributed by atoms with van der Waals surface area (Å²) in [6.45, 7) is -1.52. The van der Waals surface area contributed by atoms with Crippen LogP contribution in [0.5, 0.6) is 0 Å². The summed E-state index contributed by atoms with van der Waals surface area (Å²) in [4.78, 5) is 0. The molecule has 0 bridgehead atoms. The Morgan fingerprint density at radius 3 is 1.55 bits per heavy atom. The molecule has 0 aliphatic heterocycles. The van der Waals surface area contributed by atoms with Crippen molar-refractivity contribution in [2.75, 3.05) is 25.6 Å². The molecule has 0 saturated carbocycles. The number of hydrogen-bond donors (Lipinski definition) is 4. The lowest BCUT2D eigenvalue weighted by Crippen LogP contribution is -2.39. The first-order valence-corrected chi connectivity index (χ1v) is 4.28. The van der Waals surface area contributed by atoms with Gasteiger partial charge in [0, 0.05) is 0 Å². The maximum absolute atomic E-state index is 10.3. The molecule has 4 N–H and O–H groups in total. The average Bonchev–Trinajstić information content (AvgIpc) is 2.00. The summed E-state index contributed by atoms with van der Waals surface area (Å²) in [5.41, 5.74) is -1.24. The van der Waals surface area contributed by atoms with Crippen molar-refractivity contribution in [2.45, 2.75) is 0 Å². The van der Waals surface area contributed by atoms with Gasteiger partial charge in [0.25, 0.3) is 0 Å². The van der Waals surface area contributed by atoms with Crippen LogP contribution < -0.4 is 0 Å². The highest BCUT2D eigenvalue weighted by molar-refractivity contribution is 7.79. The molecule has 0 rings (SSSR count). The molecular formula is C5H12O5S. The van der Waals surface area contributed by atoms with Crippen LogP contribution in [0.1, 0.15) is 0 Å². The zero-order valence-electron chi connectivity index (χ0n) is 5.93. The second-order valence-corrected chi connectivity index (χ2v) is 3.37. The molecule has 0 aromatic heterocycles. The van der Waals surface area contributed by atoms with Gasteiger partial charge in [-0.1, -0.05) is 0 Å². The lowest BCUT2D eigenvalue weighted by atomic mass is 9.94. The standard InChI is InChI=1S/C5H12O5S/c6-1-5(2-7,3-8)4-11(9)10/h6-8H,1-4H2,(H,9,10).